The van der Waals surface area contributed by atoms with Gasteiger partial charge < -0.3 is 20.7 Å². The standard InChI is InChI=1S/C11H13BrClN3O4/c12-8-7(18)4-20-11(8,5-17)16-3-6(1-2-13)9(14)15-10(16)19/h1-3,7-8,17-18H,4-5H2,(H2,14,15,19)/t7-,8+,11-/m0/s1. The van der Waals surface area contributed by atoms with Crippen molar-refractivity contribution in [3.63, 3.8) is 0 Å². The zero-order valence-electron chi connectivity index (χ0n) is 10.2. The van der Waals surface area contributed by atoms with Gasteiger partial charge in [0.1, 0.15) is 5.82 Å². The van der Waals surface area contributed by atoms with Crippen LogP contribution in [0.4, 0.5) is 5.82 Å². The molecule has 0 spiro atoms. The van der Waals surface area contributed by atoms with Gasteiger partial charge in [0, 0.05) is 17.3 Å². The topological polar surface area (TPSA) is 111 Å². The summed E-state index contributed by atoms with van der Waals surface area (Å²) < 4.78 is 6.53. The van der Waals surface area contributed by atoms with Crippen molar-refractivity contribution in [1.29, 1.82) is 0 Å². The smallest absolute Gasteiger partial charge is 0.351 e. The highest BCUT2D eigenvalue weighted by molar-refractivity contribution is 9.09. The van der Waals surface area contributed by atoms with Gasteiger partial charge in [-0.3, -0.25) is 4.57 Å². The largest absolute Gasteiger partial charge is 0.391 e. The van der Waals surface area contributed by atoms with E-state index in [0.717, 1.165) is 4.57 Å². The lowest BCUT2D eigenvalue weighted by molar-refractivity contribution is -0.0984. The second-order valence-electron chi connectivity index (χ2n) is 4.31. The van der Waals surface area contributed by atoms with Crippen molar-refractivity contribution in [2.24, 2.45) is 0 Å². The average Bonchev–Trinajstić information content (AvgIpc) is 2.71. The molecule has 9 heteroatoms. The van der Waals surface area contributed by atoms with Gasteiger partial charge in [-0.2, -0.15) is 4.98 Å². The molecule has 110 valence electrons. The fraction of sp³-hybridized carbons (Fsp3) is 0.455. The van der Waals surface area contributed by atoms with Crippen LogP contribution in [0.3, 0.4) is 0 Å². The molecular weight excluding hydrogens is 353 g/mol. The molecule has 0 aromatic carbocycles. The van der Waals surface area contributed by atoms with Crippen LogP contribution >= 0.6 is 27.5 Å². The number of anilines is 1. The van der Waals surface area contributed by atoms with Gasteiger partial charge in [-0.05, 0) is 6.08 Å². The van der Waals surface area contributed by atoms with Crippen LogP contribution in [0, 0.1) is 0 Å². The molecule has 1 aliphatic rings. The molecule has 1 aromatic heterocycles. The maximum atomic E-state index is 12.0. The molecule has 1 aromatic rings. The predicted octanol–water partition coefficient (Wildman–Crippen LogP) is -0.165. The first-order valence-corrected chi connectivity index (χ1v) is 7.05. The molecule has 4 N–H and O–H groups in total. The van der Waals surface area contributed by atoms with Crippen LogP contribution in [0.25, 0.3) is 6.08 Å². The van der Waals surface area contributed by atoms with Crippen molar-refractivity contribution in [3.8, 4) is 0 Å². The molecule has 7 nitrogen and oxygen atoms in total. The van der Waals surface area contributed by atoms with Crippen LogP contribution in [0.2, 0.25) is 0 Å². The summed E-state index contributed by atoms with van der Waals surface area (Å²) in [6.07, 6.45) is 1.98. The molecule has 0 amide bonds. The van der Waals surface area contributed by atoms with Crippen molar-refractivity contribution in [3.05, 3.63) is 27.8 Å². The lowest BCUT2D eigenvalue weighted by Crippen LogP contribution is -2.51. The van der Waals surface area contributed by atoms with Gasteiger partial charge in [-0.1, -0.05) is 27.5 Å². The number of nitrogens with zero attached hydrogens (tertiary/aromatic N) is 2. The van der Waals surface area contributed by atoms with E-state index in [4.69, 9.17) is 22.1 Å². The molecule has 0 radical (unpaired) electrons. The lowest BCUT2D eigenvalue weighted by atomic mass is 10.1. The Kier molecular flexibility index (Phi) is 4.50. The number of aromatic nitrogens is 2. The minimum atomic E-state index is -1.44. The maximum absolute atomic E-state index is 12.0. The van der Waals surface area contributed by atoms with Gasteiger partial charge in [0.05, 0.1) is 24.1 Å². The SMILES string of the molecule is Nc1nc(=O)n([C@@]2(CO)OC[C@H](O)[C@H]2Br)cc1C=CCl. The Labute approximate surface area is 127 Å². The first kappa shape index (κ1) is 15.5. The quantitative estimate of drug-likeness (QED) is 0.641. The molecular formula is C11H13BrClN3O4. The fourth-order valence-corrected chi connectivity index (χ4v) is 2.84. The Morgan fingerprint density at radius 2 is 2.45 bits per heavy atom. The van der Waals surface area contributed by atoms with E-state index in [1.54, 1.807) is 0 Å². The number of hydrogen-bond acceptors (Lipinski definition) is 6. The molecule has 0 aliphatic carbocycles. The van der Waals surface area contributed by atoms with Crippen molar-refractivity contribution in [2.45, 2.75) is 16.7 Å². The van der Waals surface area contributed by atoms with E-state index >= 15 is 0 Å². The van der Waals surface area contributed by atoms with Crippen molar-refractivity contribution in [2.75, 3.05) is 18.9 Å². The van der Waals surface area contributed by atoms with Crippen molar-refractivity contribution in [1.82, 2.24) is 9.55 Å². The summed E-state index contributed by atoms with van der Waals surface area (Å²) in [7, 11) is 0. The van der Waals surface area contributed by atoms with Crippen LogP contribution in [-0.4, -0.2) is 43.9 Å². The van der Waals surface area contributed by atoms with Crippen LogP contribution in [0.5, 0.6) is 0 Å². The van der Waals surface area contributed by atoms with Gasteiger partial charge >= 0.3 is 5.69 Å². The number of halogens is 2. The average molecular weight is 367 g/mol. The molecule has 1 saturated heterocycles. The molecule has 3 atom stereocenters. The summed E-state index contributed by atoms with van der Waals surface area (Å²) >= 11 is 8.74. The monoisotopic (exact) mass is 365 g/mol. The first-order chi connectivity index (χ1) is 9.46. The molecule has 0 saturated carbocycles. The zero-order chi connectivity index (χ0) is 14.9. The number of nitrogens with two attached hydrogens (primary N) is 1. The number of rotatable bonds is 3. The summed E-state index contributed by atoms with van der Waals surface area (Å²) in [6, 6.07) is 0. The third kappa shape index (κ3) is 2.38. The van der Waals surface area contributed by atoms with Crippen molar-refractivity contribution < 1.29 is 14.9 Å². The van der Waals surface area contributed by atoms with Crippen LogP contribution in [-0.2, 0) is 10.5 Å². The first-order valence-electron chi connectivity index (χ1n) is 5.69. The highest BCUT2D eigenvalue weighted by Gasteiger charge is 2.50. The molecule has 1 aliphatic heterocycles. The second-order valence-corrected chi connectivity index (χ2v) is 5.55. The summed E-state index contributed by atoms with van der Waals surface area (Å²) in [4.78, 5) is 15.0. The van der Waals surface area contributed by atoms with Gasteiger partial charge in [-0.25, -0.2) is 4.79 Å². The van der Waals surface area contributed by atoms with E-state index in [1.165, 1.54) is 17.8 Å². The zero-order valence-corrected chi connectivity index (χ0v) is 12.6. The minimum absolute atomic E-state index is 0.0147. The van der Waals surface area contributed by atoms with Crippen LogP contribution in [0.1, 0.15) is 5.56 Å². The van der Waals surface area contributed by atoms with E-state index < -0.39 is 29.0 Å². The Morgan fingerprint density at radius 1 is 1.75 bits per heavy atom. The minimum Gasteiger partial charge on any atom is -0.391 e. The van der Waals surface area contributed by atoms with Gasteiger partial charge in [0.2, 0.25) is 0 Å². The van der Waals surface area contributed by atoms with Crippen LogP contribution in [0.15, 0.2) is 16.5 Å². The third-order valence-electron chi connectivity index (χ3n) is 3.14. The Hall–Kier alpha value is -0.930. The highest BCUT2D eigenvalue weighted by atomic mass is 79.9. The van der Waals surface area contributed by atoms with Crippen molar-refractivity contribution >= 4 is 39.4 Å². The lowest BCUT2D eigenvalue weighted by Gasteiger charge is -2.31. The molecule has 1 fully saturated rings. The summed E-state index contributed by atoms with van der Waals surface area (Å²) in [5, 5.41) is 19.4. The highest BCUT2D eigenvalue weighted by Crippen LogP contribution is 2.35. The van der Waals surface area contributed by atoms with Gasteiger partial charge in [0.25, 0.3) is 0 Å². The molecule has 0 unspecified atom stereocenters. The van der Waals surface area contributed by atoms with E-state index in [9.17, 15) is 15.0 Å². The maximum Gasteiger partial charge on any atom is 0.351 e. The number of alkyl halides is 1. The summed E-state index contributed by atoms with van der Waals surface area (Å²) in [6.45, 7) is -0.538. The van der Waals surface area contributed by atoms with Crippen LogP contribution < -0.4 is 11.4 Å². The predicted molar refractivity (Wildman–Crippen MR) is 77.5 cm³/mol. The molecule has 0 bridgehead atoms. The second kappa shape index (κ2) is 5.82. The number of aliphatic hydroxyl groups excluding tert-OH is 2. The number of nitrogen functional groups attached to an aromatic ring is 1. The Morgan fingerprint density at radius 3 is 2.95 bits per heavy atom. The summed E-state index contributed by atoms with van der Waals surface area (Å²) in [5.41, 5.74) is 5.12. The Bertz CT molecular complexity index is 594. The van der Waals surface area contributed by atoms with Gasteiger partial charge in [-0.15, -0.1) is 0 Å². The Balaban J connectivity index is 2.61. The normalized spacial score (nSPS) is 30.2. The molecule has 2 rings (SSSR count). The van der Waals surface area contributed by atoms with E-state index in [0.29, 0.717) is 5.56 Å². The van der Waals surface area contributed by atoms with E-state index in [-0.39, 0.29) is 12.4 Å². The fourth-order valence-electron chi connectivity index (χ4n) is 2.06. The van der Waals surface area contributed by atoms with E-state index in [2.05, 4.69) is 20.9 Å². The molecule has 2 heterocycles. The number of ether oxygens (including phenoxy) is 1. The van der Waals surface area contributed by atoms with Gasteiger partial charge in [0.15, 0.2) is 5.72 Å². The summed E-state index contributed by atoms with van der Waals surface area (Å²) in [5.74, 6) is 0.0147. The number of hydrogen-bond donors (Lipinski definition) is 3. The molecule has 20 heavy (non-hydrogen) atoms. The third-order valence-corrected chi connectivity index (χ3v) is 4.59. The van der Waals surface area contributed by atoms with E-state index in [1.807, 2.05) is 0 Å². The number of aliphatic hydroxyl groups is 2.